The van der Waals surface area contributed by atoms with Crippen molar-refractivity contribution in [1.82, 2.24) is 9.78 Å². The molecule has 1 N–H and O–H groups in total. The van der Waals surface area contributed by atoms with Gasteiger partial charge in [0.25, 0.3) is 0 Å². The van der Waals surface area contributed by atoms with Gasteiger partial charge in [-0.2, -0.15) is 9.78 Å². The quantitative estimate of drug-likeness (QED) is 0.686. The molecule has 9 heavy (non-hydrogen) atoms. The summed E-state index contributed by atoms with van der Waals surface area (Å²) in [6.45, 7) is 0. The molecule has 1 rings (SSSR count). The van der Waals surface area contributed by atoms with Gasteiger partial charge in [0.1, 0.15) is 0 Å². The molecule has 4 nitrogen and oxygen atoms in total. The summed E-state index contributed by atoms with van der Waals surface area (Å²) >= 11 is 1.99. The van der Waals surface area contributed by atoms with Gasteiger partial charge >= 0.3 is 6.09 Å². The summed E-state index contributed by atoms with van der Waals surface area (Å²) in [5.74, 6) is 0. The molecule has 0 atom stereocenters. The molecule has 1 heterocycles. The second-order valence-corrected chi connectivity index (χ2v) is 2.63. The van der Waals surface area contributed by atoms with Gasteiger partial charge in [0.2, 0.25) is 0 Å². The highest BCUT2D eigenvalue weighted by Gasteiger charge is 1.99. The van der Waals surface area contributed by atoms with E-state index in [-0.39, 0.29) is 0 Å². The number of hydrogen-bond donors (Lipinski definition) is 1. The third-order valence-corrected chi connectivity index (χ3v) is 1.30. The summed E-state index contributed by atoms with van der Waals surface area (Å²) in [6, 6.07) is 0. The van der Waals surface area contributed by atoms with Crippen LogP contribution < -0.4 is 0 Å². The maximum absolute atomic E-state index is 10.1. The van der Waals surface area contributed by atoms with Crippen LogP contribution in [0.25, 0.3) is 0 Å². The molecule has 0 saturated carbocycles. The molecular weight excluding hydrogens is 235 g/mol. The van der Waals surface area contributed by atoms with E-state index in [1.165, 1.54) is 12.4 Å². The highest BCUT2D eigenvalue weighted by molar-refractivity contribution is 14.1. The Kier molecular flexibility index (Phi) is 1.70. The highest BCUT2D eigenvalue weighted by Crippen LogP contribution is 1.99. The number of carboxylic acid groups (broad SMARTS) is 1. The Morgan fingerprint density at radius 2 is 2.56 bits per heavy atom. The maximum Gasteiger partial charge on any atom is 0.432 e. The second-order valence-electron chi connectivity index (χ2n) is 1.39. The van der Waals surface area contributed by atoms with Crippen LogP contribution in [0.15, 0.2) is 12.4 Å². The van der Waals surface area contributed by atoms with Crippen molar-refractivity contribution < 1.29 is 9.90 Å². The lowest BCUT2D eigenvalue weighted by Gasteiger charge is -1.85. The molecule has 5 heteroatoms. The van der Waals surface area contributed by atoms with E-state index >= 15 is 0 Å². The van der Waals surface area contributed by atoms with Gasteiger partial charge in [-0.1, -0.05) is 0 Å². The molecule has 0 bridgehead atoms. The zero-order valence-electron chi connectivity index (χ0n) is 4.28. The van der Waals surface area contributed by atoms with Crippen LogP contribution in [0.2, 0.25) is 0 Å². The number of nitrogens with zero attached hydrogens (tertiary/aromatic N) is 2. The summed E-state index contributed by atoms with van der Waals surface area (Å²) in [4.78, 5) is 10.1. The van der Waals surface area contributed by atoms with Crippen LogP contribution >= 0.6 is 22.6 Å². The lowest BCUT2D eigenvalue weighted by atomic mass is 10.8. The fourth-order valence-electron chi connectivity index (χ4n) is 0.405. The first-order chi connectivity index (χ1) is 4.20. The van der Waals surface area contributed by atoms with E-state index in [9.17, 15) is 4.79 Å². The standard InChI is InChI=1S/C4H3IN2O2/c5-3-1-6-7(2-3)4(8)9/h1-2H,(H,8,9). The minimum Gasteiger partial charge on any atom is -0.463 e. The summed E-state index contributed by atoms with van der Waals surface area (Å²) in [6.07, 6.45) is 1.86. The van der Waals surface area contributed by atoms with E-state index in [2.05, 4.69) is 5.10 Å². The Bertz CT molecular complexity index is 232. The zero-order chi connectivity index (χ0) is 6.85. The number of rotatable bonds is 0. The topological polar surface area (TPSA) is 55.1 Å². The fourth-order valence-corrected chi connectivity index (χ4v) is 0.794. The SMILES string of the molecule is O=C(O)n1cc(I)cn1. The third-order valence-electron chi connectivity index (χ3n) is 0.747. The van der Waals surface area contributed by atoms with Crippen molar-refractivity contribution in [3.63, 3.8) is 0 Å². The lowest BCUT2D eigenvalue weighted by molar-refractivity contribution is 0.192. The number of halogens is 1. The molecule has 0 spiro atoms. The fraction of sp³-hybridized carbons (Fsp3) is 0. The first kappa shape index (κ1) is 6.53. The van der Waals surface area contributed by atoms with E-state index < -0.39 is 6.09 Å². The minimum atomic E-state index is -1.06. The van der Waals surface area contributed by atoms with Gasteiger partial charge in [0.05, 0.1) is 16.0 Å². The summed E-state index contributed by atoms with van der Waals surface area (Å²) in [5.41, 5.74) is 0. The molecule has 0 aliphatic rings. The Morgan fingerprint density at radius 1 is 1.89 bits per heavy atom. The van der Waals surface area contributed by atoms with Gasteiger partial charge in [-0.15, -0.1) is 0 Å². The van der Waals surface area contributed by atoms with Crippen LogP contribution in [0.5, 0.6) is 0 Å². The first-order valence-electron chi connectivity index (χ1n) is 2.13. The van der Waals surface area contributed by atoms with E-state index in [0.717, 1.165) is 8.25 Å². The maximum atomic E-state index is 10.1. The average Bonchev–Trinajstić information content (AvgIpc) is 2.14. The number of hydrogen-bond acceptors (Lipinski definition) is 2. The van der Waals surface area contributed by atoms with Gasteiger partial charge in [-0.25, -0.2) is 4.79 Å². The van der Waals surface area contributed by atoms with Crippen molar-refractivity contribution in [2.45, 2.75) is 0 Å². The van der Waals surface area contributed by atoms with Crippen LogP contribution in [0, 0.1) is 3.57 Å². The predicted molar refractivity (Wildman–Crippen MR) is 38.4 cm³/mol. The molecule has 0 unspecified atom stereocenters. The van der Waals surface area contributed by atoms with E-state index in [4.69, 9.17) is 5.11 Å². The van der Waals surface area contributed by atoms with Crippen molar-refractivity contribution in [3.8, 4) is 0 Å². The molecule has 1 aromatic heterocycles. The second kappa shape index (κ2) is 2.34. The van der Waals surface area contributed by atoms with Gasteiger partial charge in [-0.05, 0) is 22.6 Å². The Labute approximate surface area is 64.6 Å². The van der Waals surface area contributed by atoms with E-state index in [1.54, 1.807) is 0 Å². The smallest absolute Gasteiger partial charge is 0.432 e. The molecule has 1 aromatic rings. The molecule has 0 aliphatic carbocycles. The summed E-state index contributed by atoms with van der Waals surface area (Å²) in [7, 11) is 0. The highest BCUT2D eigenvalue weighted by atomic mass is 127. The average molecular weight is 238 g/mol. The van der Waals surface area contributed by atoms with E-state index in [1.807, 2.05) is 22.6 Å². The minimum absolute atomic E-state index is 0.815. The number of carbonyl (C=O) groups is 1. The van der Waals surface area contributed by atoms with Gasteiger partial charge < -0.3 is 5.11 Å². The molecule has 0 saturated heterocycles. The Hall–Kier alpha value is -0.590. The van der Waals surface area contributed by atoms with Crippen molar-refractivity contribution in [1.29, 1.82) is 0 Å². The van der Waals surface area contributed by atoms with Gasteiger partial charge in [0, 0.05) is 0 Å². The van der Waals surface area contributed by atoms with Crippen LogP contribution in [-0.2, 0) is 0 Å². The molecule has 0 fully saturated rings. The molecule has 48 valence electrons. The molecule has 0 radical (unpaired) electrons. The van der Waals surface area contributed by atoms with Crippen molar-refractivity contribution >= 4 is 28.7 Å². The monoisotopic (exact) mass is 238 g/mol. The van der Waals surface area contributed by atoms with Crippen LogP contribution in [0.3, 0.4) is 0 Å². The first-order valence-corrected chi connectivity index (χ1v) is 3.21. The van der Waals surface area contributed by atoms with Crippen LogP contribution in [0.4, 0.5) is 4.79 Å². The van der Waals surface area contributed by atoms with Crippen molar-refractivity contribution in [3.05, 3.63) is 16.0 Å². The van der Waals surface area contributed by atoms with Crippen LogP contribution in [-0.4, -0.2) is 21.0 Å². The molecule has 0 amide bonds. The molecular formula is C4H3IN2O2. The lowest BCUT2D eigenvalue weighted by Crippen LogP contribution is -2.07. The van der Waals surface area contributed by atoms with Gasteiger partial charge in [0.15, 0.2) is 0 Å². The zero-order valence-corrected chi connectivity index (χ0v) is 6.44. The third kappa shape index (κ3) is 1.41. The predicted octanol–water partition coefficient (Wildman–Crippen LogP) is 1.01. The Balaban J connectivity index is 2.98. The molecule has 0 aliphatic heterocycles. The van der Waals surface area contributed by atoms with Crippen molar-refractivity contribution in [2.24, 2.45) is 0 Å². The normalized spacial score (nSPS) is 9.44. The number of aromatic nitrogens is 2. The van der Waals surface area contributed by atoms with Crippen LogP contribution in [0.1, 0.15) is 0 Å². The largest absolute Gasteiger partial charge is 0.463 e. The van der Waals surface area contributed by atoms with Gasteiger partial charge in [-0.3, -0.25) is 0 Å². The van der Waals surface area contributed by atoms with E-state index in [0.29, 0.717) is 0 Å². The Morgan fingerprint density at radius 3 is 2.78 bits per heavy atom. The van der Waals surface area contributed by atoms with Crippen molar-refractivity contribution in [2.75, 3.05) is 0 Å². The molecule has 0 aromatic carbocycles. The summed E-state index contributed by atoms with van der Waals surface area (Å²) < 4.78 is 1.68. The summed E-state index contributed by atoms with van der Waals surface area (Å²) in [5, 5.41) is 11.8.